The minimum absolute atomic E-state index is 0.0918. The number of benzene rings is 1. The molecule has 0 spiro atoms. The highest BCUT2D eigenvalue weighted by atomic mass is 16.2. The van der Waals surface area contributed by atoms with Gasteiger partial charge in [-0.3, -0.25) is 9.89 Å². The van der Waals surface area contributed by atoms with Gasteiger partial charge >= 0.3 is 0 Å². The first-order chi connectivity index (χ1) is 11.1. The number of H-pyrrole nitrogens is 2. The van der Waals surface area contributed by atoms with E-state index in [1.807, 2.05) is 44.2 Å². The summed E-state index contributed by atoms with van der Waals surface area (Å²) in [6.45, 7) is 4.28. The van der Waals surface area contributed by atoms with Gasteiger partial charge in [-0.05, 0) is 25.5 Å². The Kier molecular flexibility index (Phi) is 4.23. The van der Waals surface area contributed by atoms with Gasteiger partial charge in [0, 0.05) is 18.1 Å². The summed E-state index contributed by atoms with van der Waals surface area (Å²) in [6.07, 6.45) is 3.44. The third-order valence-electron chi connectivity index (χ3n) is 3.81. The Labute approximate surface area is 134 Å². The molecule has 0 saturated carbocycles. The molecule has 6 nitrogen and oxygen atoms in total. The van der Waals surface area contributed by atoms with Crippen molar-refractivity contribution < 1.29 is 4.79 Å². The first-order valence-electron chi connectivity index (χ1n) is 7.51. The minimum Gasteiger partial charge on any atom is -0.347 e. The van der Waals surface area contributed by atoms with Gasteiger partial charge in [-0.2, -0.15) is 5.10 Å². The van der Waals surface area contributed by atoms with Crippen molar-refractivity contribution >= 4 is 5.91 Å². The molecule has 0 saturated heterocycles. The number of nitrogens with one attached hydrogen (secondary N) is 2. The Bertz CT molecular complexity index is 763. The van der Waals surface area contributed by atoms with Crippen LogP contribution in [0.25, 0.3) is 0 Å². The fourth-order valence-electron chi connectivity index (χ4n) is 2.52. The molecule has 0 radical (unpaired) electrons. The molecule has 0 unspecified atom stereocenters. The van der Waals surface area contributed by atoms with Crippen molar-refractivity contribution in [3.8, 4) is 0 Å². The Hall–Kier alpha value is -2.89. The van der Waals surface area contributed by atoms with Crippen LogP contribution in [0.3, 0.4) is 0 Å². The van der Waals surface area contributed by atoms with E-state index in [-0.39, 0.29) is 11.9 Å². The van der Waals surface area contributed by atoms with Crippen LogP contribution in [-0.4, -0.2) is 31.0 Å². The number of nitrogens with zero attached hydrogens (tertiary/aromatic N) is 3. The summed E-state index contributed by atoms with van der Waals surface area (Å²) < 4.78 is 0. The zero-order valence-electron chi connectivity index (χ0n) is 13.2. The summed E-state index contributed by atoms with van der Waals surface area (Å²) >= 11 is 0. The molecule has 3 aromatic rings. The van der Waals surface area contributed by atoms with Crippen LogP contribution in [0.2, 0.25) is 0 Å². The highest BCUT2D eigenvalue weighted by Gasteiger charge is 2.25. The van der Waals surface area contributed by atoms with Gasteiger partial charge in [0.1, 0.15) is 11.5 Å². The zero-order chi connectivity index (χ0) is 16.2. The number of carbonyl (C=O) groups is 1. The summed E-state index contributed by atoms with van der Waals surface area (Å²) in [5, 5.41) is 6.92. The van der Waals surface area contributed by atoms with E-state index in [0.29, 0.717) is 12.2 Å². The number of aromatic nitrogens is 4. The molecule has 0 aliphatic heterocycles. The third-order valence-corrected chi connectivity index (χ3v) is 3.81. The summed E-state index contributed by atoms with van der Waals surface area (Å²) in [6, 6.07) is 11.6. The zero-order valence-corrected chi connectivity index (χ0v) is 13.2. The Balaban J connectivity index is 1.91. The maximum atomic E-state index is 12.9. The molecule has 1 amide bonds. The van der Waals surface area contributed by atoms with Gasteiger partial charge < -0.3 is 9.88 Å². The standard InChI is InChI=1S/C17H19N5O/c1-12-10-15(21-20-12)17(23)22(11-16-18-8-9-19-16)13(2)14-6-4-3-5-7-14/h3-10,13H,11H2,1-2H3,(H,18,19)(H,20,21)/t13-/m0/s1. The lowest BCUT2D eigenvalue weighted by Crippen LogP contribution is -2.33. The molecule has 0 bridgehead atoms. The Morgan fingerprint density at radius 1 is 1.30 bits per heavy atom. The predicted molar refractivity (Wildman–Crippen MR) is 86.6 cm³/mol. The Morgan fingerprint density at radius 3 is 2.70 bits per heavy atom. The van der Waals surface area contributed by atoms with Crippen molar-refractivity contribution in [1.82, 2.24) is 25.1 Å². The van der Waals surface area contributed by atoms with Gasteiger partial charge in [0.25, 0.3) is 5.91 Å². The van der Waals surface area contributed by atoms with Crippen LogP contribution in [0.1, 0.15) is 40.5 Å². The molecule has 3 rings (SSSR count). The molecule has 1 aromatic carbocycles. The van der Waals surface area contributed by atoms with Crippen LogP contribution in [0, 0.1) is 6.92 Å². The van der Waals surface area contributed by atoms with E-state index in [1.165, 1.54) is 0 Å². The van der Waals surface area contributed by atoms with Crippen molar-refractivity contribution in [2.24, 2.45) is 0 Å². The number of rotatable bonds is 5. The number of hydrogen-bond donors (Lipinski definition) is 2. The summed E-state index contributed by atoms with van der Waals surface area (Å²) in [5.41, 5.74) is 2.34. The molecule has 0 aliphatic carbocycles. The summed E-state index contributed by atoms with van der Waals surface area (Å²) in [4.78, 5) is 22.0. The van der Waals surface area contributed by atoms with E-state index >= 15 is 0 Å². The fraction of sp³-hybridized carbons (Fsp3) is 0.235. The summed E-state index contributed by atoms with van der Waals surface area (Å²) in [7, 11) is 0. The minimum atomic E-state index is -0.123. The van der Waals surface area contributed by atoms with Crippen LogP contribution < -0.4 is 0 Å². The predicted octanol–water partition coefficient (Wildman–Crippen LogP) is 2.84. The molecule has 0 aliphatic rings. The van der Waals surface area contributed by atoms with Gasteiger partial charge in [0.15, 0.2) is 0 Å². The van der Waals surface area contributed by atoms with Crippen molar-refractivity contribution in [1.29, 1.82) is 0 Å². The van der Waals surface area contributed by atoms with Crippen LogP contribution >= 0.6 is 0 Å². The van der Waals surface area contributed by atoms with Gasteiger partial charge in [0.2, 0.25) is 0 Å². The number of hydrogen-bond acceptors (Lipinski definition) is 3. The highest BCUT2D eigenvalue weighted by Crippen LogP contribution is 2.23. The molecule has 2 aromatic heterocycles. The van der Waals surface area contributed by atoms with E-state index in [2.05, 4.69) is 20.2 Å². The van der Waals surface area contributed by atoms with E-state index in [4.69, 9.17) is 0 Å². The molecule has 6 heteroatoms. The number of carbonyl (C=O) groups excluding carboxylic acids is 1. The Morgan fingerprint density at radius 2 is 2.09 bits per heavy atom. The molecule has 1 atom stereocenters. The van der Waals surface area contributed by atoms with Gasteiger partial charge in [-0.25, -0.2) is 4.98 Å². The molecule has 2 N–H and O–H groups in total. The largest absolute Gasteiger partial charge is 0.347 e. The maximum absolute atomic E-state index is 12.9. The van der Waals surface area contributed by atoms with E-state index < -0.39 is 0 Å². The third kappa shape index (κ3) is 3.31. The first-order valence-corrected chi connectivity index (χ1v) is 7.51. The molecule has 0 fully saturated rings. The number of aryl methyl sites for hydroxylation is 1. The lowest BCUT2D eigenvalue weighted by atomic mass is 10.1. The molecule has 118 valence electrons. The summed E-state index contributed by atoms with van der Waals surface area (Å²) in [5.74, 6) is 0.621. The lowest BCUT2D eigenvalue weighted by molar-refractivity contribution is 0.0663. The number of amides is 1. The fourth-order valence-corrected chi connectivity index (χ4v) is 2.52. The van der Waals surface area contributed by atoms with E-state index in [0.717, 1.165) is 17.1 Å². The van der Waals surface area contributed by atoms with Gasteiger partial charge in [-0.1, -0.05) is 30.3 Å². The van der Waals surface area contributed by atoms with E-state index in [1.54, 1.807) is 23.4 Å². The second-order valence-corrected chi connectivity index (χ2v) is 5.49. The monoisotopic (exact) mass is 309 g/mol. The quantitative estimate of drug-likeness (QED) is 0.760. The van der Waals surface area contributed by atoms with Crippen molar-refractivity contribution in [2.45, 2.75) is 26.4 Å². The SMILES string of the molecule is Cc1cc(C(=O)N(Cc2ncc[nH]2)[C@@H](C)c2ccccc2)n[nH]1. The van der Waals surface area contributed by atoms with Crippen LogP contribution in [0.4, 0.5) is 0 Å². The number of aromatic amines is 2. The van der Waals surface area contributed by atoms with E-state index in [9.17, 15) is 4.79 Å². The second kappa shape index (κ2) is 6.48. The van der Waals surface area contributed by atoms with Crippen molar-refractivity contribution in [3.05, 3.63) is 71.6 Å². The average molecular weight is 309 g/mol. The topological polar surface area (TPSA) is 77.7 Å². The average Bonchev–Trinajstić information content (AvgIpc) is 3.24. The normalized spacial score (nSPS) is 12.1. The molecular weight excluding hydrogens is 290 g/mol. The van der Waals surface area contributed by atoms with Crippen LogP contribution in [0.15, 0.2) is 48.8 Å². The van der Waals surface area contributed by atoms with Gasteiger partial charge in [-0.15, -0.1) is 0 Å². The highest BCUT2D eigenvalue weighted by molar-refractivity contribution is 5.92. The second-order valence-electron chi connectivity index (χ2n) is 5.49. The lowest BCUT2D eigenvalue weighted by Gasteiger charge is -2.28. The van der Waals surface area contributed by atoms with Crippen molar-refractivity contribution in [2.75, 3.05) is 0 Å². The van der Waals surface area contributed by atoms with Crippen LogP contribution in [0.5, 0.6) is 0 Å². The van der Waals surface area contributed by atoms with Crippen molar-refractivity contribution in [3.63, 3.8) is 0 Å². The number of imidazole rings is 1. The molecule has 2 heterocycles. The molecule has 23 heavy (non-hydrogen) atoms. The van der Waals surface area contributed by atoms with Gasteiger partial charge in [0.05, 0.1) is 12.6 Å². The maximum Gasteiger partial charge on any atom is 0.275 e. The van der Waals surface area contributed by atoms with Crippen LogP contribution in [-0.2, 0) is 6.54 Å². The smallest absolute Gasteiger partial charge is 0.275 e. The first kappa shape index (κ1) is 15.0. The molecular formula is C17H19N5O.